The van der Waals surface area contributed by atoms with Gasteiger partial charge in [0.2, 0.25) is 5.95 Å². The van der Waals surface area contributed by atoms with E-state index in [0.717, 1.165) is 43.0 Å². The van der Waals surface area contributed by atoms with Crippen molar-refractivity contribution in [3.63, 3.8) is 0 Å². The van der Waals surface area contributed by atoms with Gasteiger partial charge in [0.1, 0.15) is 5.82 Å². The number of hydrogen-bond acceptors (Lipinski definition) is 5. The van der Waals surface area contributed by atoms with E-state index < -0.39 is 0 Å². The second kappa shape index (κ2) is 9.47. The first-order valence-corrected chi connectivity index (χ1v) is 13.3. The van der Waals surface area contributed by atoms with Crippen LogP contribution in [0.25, 0.3) is 10.9 Å². The second-order valence-electron chi connectivity index (χ2n) is 10.7. The highest BCUT2D eigenvalue weighted by atomic mass is 19.1. The zero-order valence-electron chi connectivity index (χ0n) is 21.0. The highest BCUT2D eigenvalue weighted by Gasteiger charge is 2.31. The molecule has 5 nitrogen and oxygen atoms in total. The Balaban J connectivity index is 1.07. The summed E-state index contributed by atoms with van der Waals surface area (Å²) in [7, 11) is 0. The number of benzene rings is 2. The number of fused-ring (bicyclic) bond motifs is 2. The van der Waals surface area contributed by atoms with Gasteiger partial charge < -0.3 is 4.90 Å². The zero-order chi connectivity index (χ0) is 23.9. The summed E-state index contributed by atoms with van der Waals surface area (Å²) in [6.07, 6.45) is 5.95. The second-order valence-corrected chi connectivity index (χ2v) is 10.7. The van der Waals surface area contributed by atoms with E-state index in [1.54, 1.807) is 24.1 Å². The summed E-state index contributed by atoms with van der Waals surface area (Å²) >= 11 is 0. The molecule has 2 fully saturated rings. The normalized spacial score (nSPS) is 20.9. The minimum absolute atomic E-state index is 0.197. The first-order chi connectivity index (χ1) is 17.0. The van der Waals surface area contributed by atoms with Crippen LogP contribution in [0.5, 0.6) is 0 Å². The van der Waals surface area contributed by atoms with E-state index in [-0.39, 0.29) is 5.82 Å². The molecule has 2 saturated heterocycles. The first-order valence-electron chi connectivity index (χ1n) is 13.3. The third kappa shape index (κ3) is 4.54. The number of hydrogen-bond donors (Lipinski definition) is 0. The molecule has 2 aromatic carbocycles. The van der Waals surface area contributed by atoms with Gasteiger partial charge >= 0.3 is 0 Å². The minimum atomic E-state index is -0.197. The van der Waals surface area contributed by atoms with Crippen LogP contribution < -0.4 is 4.90 Å². The van der Waals surface area contributed by atoms with Crippen LogP contribution in [0.4, 0.5) is 10.3 Å². The van der Waals surface area contributed by atoms with Crippen molar-refractivity contribution in [1.29, 1.82) is 0 Å². The summed E-state index contributed by atoms with van der Waals surface area (Å²) in [5, 5.41) is 0.946. The van der Waals surface area contributed by atoms with Gasteiger partial charge in [-0.15, -0.1) is 0 Å². The largest absolute Gasteiger partial charge is 0.341 e. The lowest BCUT2D eigenvalue weighted by atomic mass is 10.0. The highest BCUT2D eigenvalue weighted by Crippen LogP contribution is 2.28. The maximum atomic E-state index is 14.2. The summed E-state index contributed by atoms with van der Waals surface area (Å²) in [4.78, 5) is 17.3. The SMILES string of the molecule is Cc1cc2c(C)nc(N3CCC(N4CCCN(C5Cc6ccccc6C5)CC4)CC3)nc2cc1F. The number of halogens is 1. The Morgan fingerprint density at radius 3 is 2.14 bits per heavy atom. The van der Waals surface area contributed by atoms with Crippen molar-refractivity contribution in [2.24, 2.45) is 0 Å². The topological polar surface area (TPSA) is 35.5 Å². The van der Waals surface area contributed by atoms with Crippen LogP contribution >= 0.6 is 0 Å². The number of piperidine rings is 1. The maximum Gasteiger partial charge on any atom is 0.226 e. The molecule has 6 heteroatoms. The van der Waals surface area contributed by atoms with Crippen molar-refractivity contribution in [3.8, 4) is 0 Å². The van der Waals surface area contributed by atoms with Crippen LogP contribution in [-0.4, -0.2) is 71.1 Å². The highest BCUT2D eigenvalue weighted by molar-refractivity contribution is 5.82. The molecule has 1 aromatic heterocycles. The molecule has 3 heterocycles. The molecule has 184 valence electrons. The summed E-state index contributed by atoms with van der Waals surface area (Å²) in [5.41, 5.74) is 5.38. The van der Waals surface area contributed by atoms with Crippen LogP contribution in [0, 0.1) is 19.7 Å². The molecule has 0 spiro atoms. The van der Waals surface area contributed by atoms with Gasteiger partial charge in [-0.3, -0.25) is 9.80 Å². The molecule has 0 radical (unpaired) electrons. The van der Waals surface area contributed by atoms with Crippen LogP contribution in [0.15, 0.2) is 36.4 Å². The summed E-state index contributed by atoms with van der Waals surface area (Å²) in [6.45, 7) is 10.5. The fraction of sp³-hybridized carbons (Fsp3) is 0.517. The van der Waals surface area contributed by atoms with Crippen molar-refractivity contribution in [1.82, 2.24) is 19.8 Å². The molecule has 6 rings (SSSR count). The van der Waals surface area contributed by atoms with E-state index in [0.29, 0.717) is 23.2 Å². The molecule has 0 atom stereocenters. The average molecular weight is 474 g/mol. The third-order valence-electron chi connectivity index (χ3n) is 8.53. The number of aryl methyl sites for hydroxylation is 2. The van der Waals surface area contributed by atoms with Gasteiger partial charge in [0, 0.05) is 49.7 Å². The molecule has 3 aromatic rings. The Bertz CT molecular complexity index is 1190. The average Bonchev–Trinajstić information content (AvgIpc) is 3.15. The Labute approximate surface area is 208 Å². The molecule has 0 unspecified atom stereocenters. The number of nitrogens with zero attached hydrogens (tertiary/aromatic N) is 5. The minimum Gasteiger partial charge on any atom is -0.341 e. The summed E-state index contributed by atoms with van der Waals surface area (Å²) in [5.74, 6) is 0.552. The summed E-state index contributed by atoms with van der Waals surface area (Å²) < 4.78 is 14.2. The predicted molar refractivity (Wildman–Crippen MR) is 140 cm³/mol. The number of aromatic nitrogens is 2. The molecule has 1 aliphatic carbocycles. The van der Waals surface area contributed by atoms with E-state index >= 15 is 0 Å². The standard InChI is InChI=1S/C29H36FN5/c1-20-16-26-21(2)31-29(32-28(26)19-27(20)30)35-12-8-24(9-13-35)33-10-5-11-34(15-14-33)25-17-22-6-3-4-7-23(22)18-25/h3-4,6-7,16,19,24-25H,5,8-15,17-18H2,1-2H3. The van der Waals surface area contributed by atoms with E-state index in [2.05, 4.69) is 39.0 Å². The Morgan fingerprint density at radius 1 is 0.800 bits per heavy atom. The quantitative estimate of drug-likeness (QED) is 0.559. The van der Waals surface area contributed by atoms with Crippen LogP contribution in [-0.2, 0) is 12.8 Å². The van der Waals surface area contributed by atoms with E-state index in [4.69, 9.17) is 9.97 Å². The van der Waals surface area contributed by atoms with Crippen molar-refractivity contribution in [2.45, 2.75) is 58.0 Å². The maximum absolute atomic E-state index is 14.2. The zero-order valence-corrected chi connectivity index (χ0v) is 21.0. The molecule has 0 amide bonds. The molecule has 0 saturated carbocycles. The van der Waals surface area contributed by atoms with E-state index in [1.165, 1.54) is 45.4 Å². The van der Waals surface area contributed by atoms with Gasteiger partial charge in [-0.2, -0.15) is 0 Å². The molecular weight excluding hydrogens is 437 g/mol. The fourth-order valence-electron chi connectivity index (χ4n) is 6.45. The summed E-state index contributed by atoms with van der Waals surface area (Å²) in [6, 6.07) is 13.7. The first kappa shape index (κ1) is 22.9. The third-order valence-corrected chi connectivity index (χ3v) is 8.53. The molecule has 35 heavy (non-hydrogen) atoms. The van der Waals surface area contributed by atoms with Crippen LogP contribution in [0.1, 0.15) is 41.6 Å². The van der Waals surface area contributed by atoms with Crippen LogP contribution in [0.3, 0.4) is 0 Å². The molecular formula is C29H36FN5. The van der Waals surface area contributed by atoms with E-state index in [1.807, 2.05) is 13.0 Å². The van der Waals surface area contributed by atoms with Gasteiger partial charge in [-0.05, 0) is 81.8 Å². The van der Waals surface area contributed by atoms with Crippen molar-refractivity contribution in [3.05, 3.63) is 64.6 Å². The van der Waals surface area contributed by atoms with Crippen molar-refractivity contribution in [2.75, 3.05) is 44.2 Å². The number of anilines is 1. The van der Waals surface area contributed by atoms with Gasteiger partial charge in [-0.25, -0.2) is 14.4 Å². The molecule has 2 aliphatic heterocycles. The van der Waals surface area contributed by atoms with E-state index in [9.17, 15) is 4.39 Å². The molecule has 0 bridgehead atoms. The monoisotopic (exact) mass is 473 g/mol. The Hall–Kier alpha value is -2.57. The smallest absolute Gasteiger partial charge is 0.226 e. The molecule has 0 N–H and O–H groups in total. The Morgan fingerprint density at radius 2 is 1.46 bits per heavy atom. The lowest BCUT2D eigenvalue weighted by Gasteiger charge is -2.38. The van der Waals surface area contributed by atoms with Gasteiger partial charge in [0.15, 0.2) is 0 Å². The lowest BCUT2D eigenvalue weighted by molar-refractivity contribution is 0.161. The Kier molecular flexibility index (Phi) is 6.19. The van der Waals surface area contributed by atoms with Crippen molar-refractivity contribution < 1.29 is 4.39 Å². The molecule has 3 aliphatic rings. The van der Waals surface area contributed by atoms with Crippen molar-refractivity contribution >= 4 is 16.9 Å². The predicted octanol–water partition coefficient (Wildman–Crippen LogP) is 4.53. The van der Waals surface area contributed by atoms with Gasteiger partial charge in [-0.1, -0.05) is 24.3 Å². The van der Waals surface area contributed by atoms with Gasteiger partial charge in [0.05, 0.1) is 11.2 Å². The lowest BCUT2D eigenvalue weighted by Crippen LogP contribution is -2.47. The number of rotatable bonds is 3. The fourth-order valence-corrected chi connectivity index (χ4v) is 6.45. The van der Waals surface area contributed by atoms with Crippen LogP contribution in [0.2, 0.25) is 0 Å². The van der Waals surface area contributed by atoms with Gasteiger partial charge in [0.25, 0.3) is 0 Å².